The van der Waals surface area contributed by atoms with Gasteiger partial charge in [-0.05, 0) is 53.4 Å². The predicted octanol–water partition coefficient (Wildman–Crippen LogP) is 4.83. The maximum absolute atomic E-state index is 13.4. The fourth-order valence-corrected chi connectivity index (χ4v) is 3.85. The lowest BCUT2D eigenvalue weighted by Crippen LogP contribution is -2.31. The summed E-state index contributed by atoms with van der Waals surface area (Å²) in [5.41, 5.74) is 2.02. The van der Waals surface area contributed by atoms with Gasteiger partial charge >= 0.3 is 0 Å². The van der Waals surface area contributed by atoms with Crippen LogP contribution in [-0.4, -0.2) is 32.1 Å². The standard InChI is InChI=1S/C24H18FN5OS/c1-2-13-29(16-18-7-5-17(15-26)6-8-18)24(31)22-27-23(21-4-3-14-32-21)30(28-22)20-11-9-19(25)10-12-20/h2-12,14H,1,13,16H2. The third-order valence-electron chi connectivity index (χ3n) is 4.70. The summed E-state index contributed by atoms with van der Waals surface area (Å²) in [5, 5.41) is 15.4. The van der Waals surface area contributed by atoms with Crippen LogP contribution < -0.4 is 0 Å². The number of carbonyl (C=O) groups is 1. The number of thiophene rings is 1. The molecular formula is C24H18FN5OS. The van der Waals surface area contributed by atoms with E-state index in [-0.39, 0.29) is 17.5 Å². The number of aromatic nitrogens is 3. The molecule has 2 heterocycles. The molecule has 0 aliphatic heterocycles. The van der Waals surface area contributed by atoms with Crippen molar-refractivity contribution in [1.82, 2.24) is 19.7 Å². The van der Waals surface area contributed by atoms with Gasteiger partial charge < -0.3 is 4.90 Å². The van der Waals surface area contributed by atoms with Crippen molar-refractivity contribution in [1.29, 1.82) is 5.26 Å². The minimum Gasteiger partial charge on any atom is -0.328 e. The normalized spacial score (nSPS) is 10.5. The van der Waals surface area contributed by atoms with E-state index in [1.165, 1.54) is 23.5 Å². The molecule has 2 aromatic heterocycles. The van der Waals surface area contributed by atoms with Gasteiger partial charge in [0, 0.05) is 13.1 Å². The maximum Gasteiger partial charge on any atom is 0.294 e. The van der Waals surface area contributed by atoms with Crippen LogP contribution in [0.5, 0.6) is 0 Å². The molecule has 0 spiro atoms. The first-order chi connectivity index (χ1) is 15.6. The zero-order valence-corrected chi connectivity index (χ0v) is 17.8. The molecule has 32 heavy (non-hydrogen) atoms. The second kappa shape index (κ2) is 9.37. The van der Waals surface area contributed by atoms with E-state index in [9.17, 15) is 9.18 Å². The lowest BCUT2D eigenvalue weighted by Gasteiger charge is -2.19. The Labute approximate surface area is 188 Å². The molecule has 4 rings (SSSR count). The number of nitrogens with zero attached hydrogens (tertiary/aromatic N) is 5. The summed E-state index contributed by atoms with van der Waals surface area (Å²) >= 11 is 1.47. The number of carbonyl (C=O) groups excluding carboxylic acids is 1. The first kappa shape index (κ1) is 21.2. The van der Waals surface area contributed by atoms with Crippen molar-refractivity contribution in [3.8, 4) is 22.5 Å². The Morgan fingerprint density at radius 3 is 2.56 bits per heavy atom. The minimum absolute atomic E-state index is 0.0354. The van der Waals surface area contributed by atoms with Crippen LogP contribution in [0.1, 0.15) is 21.7 Å². The molecule has 0 saturated carbocycles. The molecule has 0 unspecified atom stereocenters. The van der Waals surface area contributed by atoms with Crippen LogP contribution in [0.15, 0.2) is 78.7 Å². The van der Waals surface area contributed by atoms with E-state index >= 15 is 0 Å². The number of halogens is 1. The second-order valence-electron chi connectivity index (χ2n) is 6.91. The Hall–Kier alpha value is -4.09. The number of benzene rings is 2. The second-order valence-corrected chi connectivity index (χ2v) is 7.86. The predicted molar refractivity (Wildman–Crippen MR) is 121 cm³/mol. The largest absolute Gasteiger partial charge is 0.328 e. The van der Waals surface area contributed by atoms with Gasteiger partial charge in [0.15, 0.2) is 5.82 Å². The molecule has 158 valence electrons. The number of hydrogen-bond acceptors (Lipinski definition) is 5. The van der Waals surface area contributed by atoms with E-state index in [2.05, 4.69) is 22.7 Å². The van der Waals surface area contributed by atoms with Crippen LogP contribution in [-0.2, 0) is 6.54 Å². The molecule has 4 aromatic rings. The van der Waals surface area contributed by atoms with Crippen molar-refractivity contribution in [2.45, 2.75) is 6.54 Å². The SMILES string of the molecule is C=CCN(Cc1ccc(C#N)cc1)C(=O)c1nc(-c2cccs2)n(-c2ccc(F)cc2)n1. The van der Waals surface area contributed by atoms with E-state index in [1.807, 2.05) is 29.6 Å². The average molecular weight is 444 g/mol. The van der Waals surface area contributed by atoms with Crippen molar-refractivity contribution >= 4 is 17.2 Å². The van der Waals surface area contributed by atoms with Gasteiger partial charge in [-0.1, -0.05) is 24.3 Å². The highest BCUT2D eigenvalue weighted by Crippen LogP contribution is 2.26. The summed E-state index contributed by atoms with van der Waals surface area (Å²) in [7, 11) is 0. The van der Waals surface area contributed by atoms with E-state index in [0.29, 0.717) is 30.2 Å². The van der Waals surface area contributed by atoms with Gasteiger partial charge in [0.2, 0.25) is 5.82 Å². The smallest absolute Gasteiger partial charge is 0.294 e. The molecule has 0 bridgehead atoms. The Morgan fingerprint density at radius 2 is 1.94 bits per heavy atom. The van der Waals surface area contributed by atoms with E-state index in [1.54, 1.807) is 39.9 Å². The monoisotopic (exact) mass is 443 g/mol. The summed E-state index contributed by atoms with van der Waals surface area (Å²) in [6.07, 6.45) is 1.64. The van der Waals surface area contributed by atoms with Crippen LogP contribution in [0.2, 0.25) is 0 Å². The lowest BCUT2D eigenvalue weighted by atomic mass is 10.1. The van der Waals surface area contributed by atoms with Gasteiger partial charge in [-0.25, -0.2) is 14.1 Å². The molecular weight excluding hydrogens is 425 g/mol. The van der Waals surface area contributed by atoms with Crippen LogP contribution >= 0.6 is 11.3 Å². The summed E-state index contributed by atoms with van der Waals surface area (Å²) in [5.74, 6) is -0.171. The van der Waals surface area contributed by atoms with E-state index in [0.717, 1.165) is 10.4 Å². The van der Waals surface area contributed by atoms with Gasteiger partial charge in [0.25, 0.3) is 5.91 Å². The zero-order valence-electron chi connectivity index (χ0n) is 17.0. The summed E-state index contributed by atoms with van der Waals surface area (Å²) in [4.78, 5) is 20.3. The Bertz CT molecular complexity index is 1270. The molecule has 8 heteroatoms. The van der Waals surface area contributed by atoms with Gasteiger partial charge in [-0.2, -0.15) is 5.26 Å². The van der Waals surface area contributed by atoms with Crippen LogP contribution in [0.4, 0.5) is 4.39 Å². The molecule has 0 aliphatic rings. The highest BCUT2D eigenvalue weighted by molar-refractivity contribution is 7.13. The van der Waals surface area contributed by atoms with Gasteiger partial charge in [0.1, 0.15) is 5.82 Å². The highest BCUT2D eigenvalue weighted by atomic mass is 32.1. The lowest BCUT2D eigenvalue weighted by molar-refractivity contribution is 0.0750. The van der Waals surface area contributed by atoms with Crippen molar-refractivity contribution in [2.24, 2.45) is 0 Å². The Morgan fingerprint density at radius 1 is 1.19 bits per heavy atom. The van der Waals surface area contributed by atoms with E-state index in [4.69, 9.17) is 5.26 Å². The molecule has 0 saturated heterocycles. The number of amides is 1. The average Bonchev–Trinajstić information content (AvgIpc) is 3.49. The fourth-order valence-electron chi connectivity index (χ4n) is 3.15. The molecule has 0 aliphatic carbocycles. The first-order valence-corrected chi connectivity index (χ1v) is 10.6. The van der Waals surface area contributed by atoms with Gasteiger partial charge in [-0.3, -0.25) is 4.79 Å². The Balaban J connectivity index is 1.69. The third-order valence-corrected chi connectivity index (χ3v) is 5.57. The Kier molecular flexibility index (Phi) is 6.19. The quantitative estimate of drug-likeness (QED) is 0.383. The van der Waals surface area contributed by atoms with Crippen LogP contribution in [0, 0.1) is 17.1 Å². The molecule has 1 amide bonds. The summed E-state index contributed by atoms with van der Waals surface area (Å²) in [6, 6.07) is 18.8. The van der Waals surface area contributed by atoms with Crippen LogP contribution in [0.25, 0.3) is 16.4 Å². The molecule has 6 nitrogen and oxygen atoms in total. The van der Waals surface area contributed by atoms with Crippen molar-refractivity contribution in [2.75, 3.05) is 6.54 Å². The van der Waals surface area contributed by atoms with Gasteiger partial charge in [-0.15, -0.1) is 23.0 Å². The van der Waals surface area contributed by atoms with E-state index < -0.39 is 0 Å². The van der Waals surface area contributed by atoms with Crippen LogP contribution in [0.3, 0.4) is 0 Å². The fraction of sp³-hybridized carbons (Fsp3) is 0.0833. The topological polar surface area (TPSA) is 74.8 Å². The molecule has 0 radical (unpaired) electrons. The third kappa shape index (κ3) is 4.48. The maximum atomic E-state index is 13.4. The molecule has 0 fully saturated rings. The molecule has 0 N–H and O–H groups in total. The zero-order chi connectivity index (χ0) is 22.5. The first-order valence-electron chi connectivity index (χ1n) is 9.75. The minimum atomic E-state index is -0.359. The number of rotatable bonds is 7. The van der Waals surface area contributed by atoms with Gasteiger partial charge in [0.05, 0.1) is 22.2 Å². The summed E-state index contributed by atoms with van der Waals surface area (Å²) in [6.45, 7) is 4.37. The highest BCUT2D eigenvalue weighted by Gasteiger charge is 2.23. The van der Waals surface area contributed by atoms with Crippen molar-refractivity contribution in [3.63, 3.8) is 0 Å². The molecule has 0 atom stereocenters. The number of hydrogen-bond donors (Lipinski definition) is 0. The summed E-state index contributed by atoms with van der Waals surface area (Å²) < 4.78 is 15.0. The number of nitriles is 1. The molecule has 2 aromatic carbocycles. The van der Waals surface area contributed by atoms with Crippen molar-refractivity contribution in [3.05, 3.63) is 101 Å². The van der Waals surface area contributed by atoms with Crippen molar-refractivity contribution < 1.29 is 9.18 Å².